The van der Waals surface area contributed by atoms with Gasteiger partial charge in [0.1, 0.15) is 0 Å². The first-order valence-electron chi connectivity index (χ1n) is 12.2. The first-order valence-corrected chi connectivity index (χ1v) is 13.0. The van der Waals surface area contributed by atoms with E-state index in [1.807, 2.05) is 24.0 Å². The van der Waals surface area contributed by atoms with Crippen LogP contribution in [0.3, 0.4) is 0 Å². The van der Waals surface area contributed by atoms with Crippen molar-refractivity contribution in [2.24, 2.45) is 5.92 Å². The number of halogens is 3. The first-order chi connectivity index (χ1) is 16.8. The monoisotopic (exact) mass is 551 g/mol. The minimum absolute atomic E-state index is 0.00227. The number of benzene rings is 1. The minimum atomic E-state index is -2.75. The number of aryl methyl sites for hydroxylation is 1. The third kappa shape index (κ3) is 6.77. The number of H-pyrrole nitrogens is 1. The fraction of sp³-hybridized carbons (Fsp3) is 0.538. The van der Waals surface area contributed by atoms with Crippen LogP contribution in [0.25, 0.3) is 0 Å². The highest BCUT2D eigenvalue weighted by molar-refractivity contribution is 9.10. The Hall–Kier alpha value is -2.10. The summed E-state index contributed by atoms with van der Waals surface area (Å²) in [5.74, 6) is -0.109. The molecule has 0 radical (unpaired) electrons. The van der Waals surface area contributed by atoms with Crippen LogP contribution in [0.1, 0.15) is 53.9 Å². The molecule has 2 atom stereocenters. The van der Waals surface area contributed by atoms with Gasteiger partial charge >= 0.3 is 6.61 Å². The molecule has 1 aromatic heterocycles. The minimum Gasteiger partial charge on any atom is -0.335 e. The lowest BCUT2D eigenvalue weighted by Gasteiger charge is -2.35. The number of aromatic amines is 1. The van der Waals surface area contributed by atoms with Gasteiger partial charge in [-0.3, -0.25) is 9.59 Å². The Morgan fingerprint density at radius 3 is 2.77 bits per heavy atom. The Morgan fingerprint density at radius 2 is 2.06 bits per heavy atom. The second kappa shape index (κ2) is 11.8. The molecule has 190 valence electrons. The molecule has 1 unspecified atom stereocenters. The smallest absolute Gasteiger partial charge is 0.335 e. The van der Waals surface area contributed by atoms with Gasteiger partial charge < -0.3 is 19.9 Å². The third-order valence-electron chi connectivity index (χ3n) is 7.00. The normalized spacial score (nSPS) is 20.3. The fourth-order valence-corrected chi connectivity index (χ4v) is 5.52. The fourth-order valence-electron chi connectivity index (χ4n) is 4.98. The van der Waals surface area contributed by atoms with Crippen LogP contribution >= 0.6 is 15.9 Å². The summed E-state index contributed by atoms with van der Waals surface area (Å²) in [6, 6.07) is 7.87. The van der Waals surface area contributed by atoms with Crippen molar-refractivity contribution in [3.63, 3.8) is 0 Å². The highest BCUT2D eigenvalue weighted by Crippen LogP contribution is 2.36. The van der Waals surface area contributed by atoms with Gasteiger partial charge in [0.25, 0.3) is 0 Å². The zero-order valence-corrected chi connectivity index (χ0v) is 21.5. The number of aromatic nitrogens is 1. The summed E-state index contributed by atoms with van der Waals surface area (Å²) in [5.41, 5.74) is 3.92. The summed E-state index contributed by atoms with van der Waals surface area (Å²) in [6.45, 7) is 1.16. The number of rotatable bonds is 10. The van der Waals surface area contributed by atoms with E-state index in [0.29, 0.717) is 25.9 Å². The molecule has 2 aliphatic rings. The zero-order chi connectivity index (χ0) is 24.9. The molecule has 2 fully saturated rings. The van der Waals surface area contributed by atoms with E-state index in [0.717, 1.165) is 52.5 Å². The molecule has 2 heterocycles. The lowest BCUT2D eigenvalue weighted by molar-refractivity contribution is -0.138. The van der Waals surface area contributed by atoms with Crippen molar-refractivity contribution in [2.45, 2.75) is 64.1 Å². The Kier molecular flexibility index (Phi) is 8.73. The molecular formula is C26H32BrF2N3O3. The van der Waals surface area contributed by atoms with E-state index in [-0.39, 0.29) is 36.0 Å². The van der Waals surface area contributed by atoms with E-state index in [1.54, 1.807) is 12.3 Å². The standard InChI is InChI=1S/C26H32BrF2N3O3/c1-16-18(3-2-10-35-26(28)29)11-17(12-23(16)27)15-32(20-4-5-20)25(34)22-14-30-8-7-21(22)19-6-9-31-24(33)13-19/h6,9,11-13,20-22,26,30H,2-5,7-8,10,14-15H2,1H3,(H,31,33)/t21?,22-/m0/s1. The van der Waals surface area contributed by atoms with Gasteiger partial charge in [0.15, 0.2) is 0 Å². The van der Waals surface area contributed by atoms with Gasteiger partial charge in [0, 0.05) is 35.9 Å². The largest absolute Gasteiger partial charge is 0.345 e. The number of nitrogens with one attached hydrogen (secondary N) is 2. The van der Waals surface area contributed by atoms with E-state index in [2.05, 4.69) is 37.0 Å². The van der Waals surface area contributed by atoms with Crippen LogP contribution in [0.4, 0.5) is 8.78 Å². The average Bonchev–Trinajstić information content (AvgIpc) is 3.68. The highest BCUT2D eigenvalue weighted by atomic mass is 79.9. The molecule has 2 N–H and O–H groups in total. The number of pyridine rings is 1. The predicted octanol–water partition coefficient (Wildman–Crippen LogP) is 4.50. The van der Waals surface area contributed by atoms with Crippen LogP contribution in [-0.2, 0) is 22.5 Å². The molecule has 0 spiro atoms. The highest BCUT2D eigenvalue weighted by Gasteiger charge is 2.40. The van der Waals surface area contributed by atoms with Crippen molar-refractivity contribution in [1.29, 1.82) is 0 Å². The molecule has 6 nitrogen and oxygen atoms in total. The molecule has 1 amide bonds. The number of nitrogens with zero attached hydrogens (tertiary/aromatic N) is 1. The molecule has 1 saturated heterocycles. The number of carbonyl (C=O) groups is 1. The number of carbonyl (C=O) groups excluding carboxylic acids is 1. The topological polar surface area (TPSA) is 74.4 Å². The van der Waals surface area contributed by atoms with E-state index in [9.17, 15) is 18.4 Å². The van der Waals surface area contributed by atoms with Crippen LogP contribution in [0.2, 0.25) is 0 Å². The summed E-state index contributed by atoms with van der Waals surface area (Å²) in [4.78, 5) is 30.4. The molecule has 2 aromatic rings. The SMILES string of the molecule is Cc1c(Br)cc(CN(C(=O)[C@H]2CNCCC2c2cc[nH]c(=O)c2)C2CC2)cc1CCCOC(F)F. The molecule has 9 heteroatoms. The lowest BCUT2D eigenvalue weighted by Crippen LogP contribution is -2.47. The summed E-state index contributed by atoms with van der Waals surface area (Å²) in [5, 5.41) is 3.36. The summed E-state index contributed by atoms with van der Waals surface area (Å²) in [7, 11) is 0. The van der Waals surface area contributed by atoms with Crippen molar-refractivity contribution in [3.05, 3.63) is 67.5 Å². The molecule has 1 aliphatic heterocycles. The number of alkyl halides is 2. The second-order valence-corrected chi connectivity index (χ2v) is 10.3. The predicted molar refractivity (Wildman–Crippen MR) is 134 cm³/mol. The Balaban J connectivity index is 1.52. The molecule has 4 rings (SSSR count). The average molecular weight is 552 g/mol. The zero-order valence-electron chi connectivity index (χ0n) is 19.9. The number of piperidine rings is 1. The number of hydrogen-bond donors (Lipinski definition) is 2. The van der Waals surface area contributed by atoms with Gasteiger partial charge in [0.2, 0.25) is 11.5 Å². The van der Waals surface area contributed by atoms with Crippen molar-refractivity contribution in [1.82, 2.24) is 15.2 Å². The van der Waals surface area contributed by atoms with Gasteiger partial charge in [-0.25, -0.2) is 0 Å². The molecule has 1 aromatic carbocycles. The maximum absolute atomic E-state index is 13.9. The van der Waals surface area contributed by atoms with Crippen LogP contribution in [-0.4, -0.2) is 48.1 Å². The first kappa shape index (κ1) is 26.0. The van der Waals surface area contributed by atoms with Crippen LogP contribution in [0, 0.1) is 12.8 Å². The maximum Gasteiger partial charge on any atom is 0.345 e. The Morgan fingerprint density at radius 1 is 1.26 bits per heavy atom. The molecule has 1 aliphatic carbocycles. The molecule has 0 bridgehead atoms. The number of amides is 1. The van der Waals surface area contributed by atoms with Crippen molar-refractivity contribution in [3.8, 4) is 0 Å². The Bertz CT molecular complexity index is 1090. The van der Waals surface area contributed by atoms with Crippen LogP contribution in [0.15, 0.2) is 39.7 Å². The van der Waals surface area contributed by atoms with Crippen molar-refractivity contribution >= 4 is 21.8 Å². The Labute approximate surface area is 212 Å². The van der Waals surface area contributed by atoms with E-state index in [4.69, 9.17) is 0 Å². The third-order valence-corrected chi connectivity index (χ3v) is 7.82. The van der Waals surface area contributed by atoms with Crippen molar-refractivity contribution in [2.75, 3.05) is 19.7 Å². The molecule has 1 saturated carbocycles. The van der Waals surface area contributed by atoms with Crippen LogP contribution in [0.5, 0.6) is 0 Å². The summed E-state index contributed by atoms with van der Waals surface area (Å²) in [6.07, 6.45) is 5.56. The van der Waals surface area contributed by atoms with Gasteiger partial charge in [-0.15, -0.1) is 0 Å². The summed E-state index contributed by atoms with van der Waals surface area (Å²) >= 11 is 3.64. The van der Waals surface area contributed by atoms with Gasteiger partial charge in [0.05, 0.1) is 12.5 Å². The van der Waals surface area contributed by atoms with Crippen LogP contribution < -0.4 is 10.9 Å². The van der Waals surface area contributed by atoms with Gasteiger partial charge in [-0.1, -0.05) is 22.0 Å². The van der Waals surface area contributed by atoms with Crippen molar-refractivity contribution < 1.29 is 18.3 Å². The number of ether oxygens (including phenoxy) is 1. The second-order valence-electron chi connectivity index (χ2n) is 9.49. The van der Waals surface area contributed by atoms with E-state index in [1.165, 1.54) is 0 Å². The lowest BCUT2D eigenvalue weighted by atomic mass is 9.80. The van der Waals surface area contributed by atoms with E-state index < -0.39 is 6.61 Å². The van der Waals surface area contributed by atoms with Gasteiger partial charge in [-0.05, 0) is 85.9 Å². The quantitative estimate of drug-likeness (QED) is 0.426. The molecule has 35 heavy (non-hydrogen) atoms. The summed E-state index contributed by atoms with van der Waals surface area (Å²) < 4.78 is 29.9. The molecular weight excluding hydrogens is 520 g/mol. The maximum atomic E-state index is 13.9. The number of hydrogen-bond acceptors (Lipinski definition) is 4. The van der Waals surface area contributed by atoms with Gasteiger partial charge in [-0.2, -0.15) is 8.78 Å². The van der Waals surface area contributed by atoms with E-state index >= 15 is 0 Å².